The average molecular weight is 891 g/mol. The highest BCUT2D eigenvalue weighted by Crippen LogP contribution is 2.43. The lowest BCUT2D eigenvalue weighted by Crippen LogP contribution is -2.59. The molecule has 0 radical (unpaired) electrons. The Morgan fingerprint density at radius 2 is 1.63 bits per heavy atom. The summed E-state index contributed by atoms with van der Waals surface area (Å²) < 4.78 is 35.9. The van der Waals surface area contributed by atoms with Crippen LogP contribution in [-0.2, 0) is 42.8 Å². The van der Waals surface area contributed by atoms with Gasteiger partial charge >= 0.3 is 11.9 Å². The first kappa shape index (κ1) is 51.9. The van der Waals surface area contributed by atoms with Crippen LogP contribution in [0.25, 0.3) is 6.08 Å². The number of amides is 2. The van der Waals surface area contributed by atoms with Crippen LogP contribution in [0.4, 0.5) is 0 Å². The first-order valence-corrected chi connectivity index (χ1v) is 22.4. The summed E-state index contributed by atoms with van der Waals surface area (Å²) in [6.07, 6.45) is 2.52. The molecule has 63 heavy (non-hydrogen) atoms. The van der Waals surface area contributed by atoms with Crippen molar-refractivity contribution in [2.24, 2.45) is 0 Å². The molecule has 0 aromatic heterocycles. The largest absolute Gasteiger partial charge is 0.460 e. The number of unbranched alkanes of at least 4 members (excludes halogenated alkanes) is 4. The lowest BCUT2D eigenvalue weighted by atomic mass is 9.91. The molecule has 2 aliphatic heterocycles. The maximum absolute atomic E-state index is 14.0. The fraction of sp³-hybridized carbons (Fsp3) is 0.696. The van der Waals surface area contributed by atoms with Gasteiger partial charge < -0.3 is 64.6 Å². The number of esters is 2. The minimum absolute atomic E-state index is 0.0104. The maximum atomic E-state index is 14.0. The van der Waals surface area contributed by atoms with Gasteiger partial charge in [0.05, 0.1) is 31.4 Å². The standard InChI is InChI=1S/C46H70N2O15/c1-6-8-12-21-46(22-13-9-7-2)61-34-26-30(42(56)47-23-20-36(51)48-31(27-49)18-19-37(52)62-45(3,4)5)25-33(41(34)63-46)59-43(57)32-17-11-10-15-29(32)16-14-24-58-44-40(55)39(54)38(53)35(28-50)60-44/h10-11,14-17,26,31,33-35,38-41,44,49-50,53-55H,6-9,12-13,18-25,27-28H2,1-5H3,(H,47,56)(H,48,51)/t31-,33+,34+,35+,38-,39-,40+,41-,44-/m0/s1. The lowest BCUT2D eigenvalue weighted by molar-refractivity contribution is -0.298. The Morgan fingerprint density at radius 1 is 0.937 bits per heavy atom. The van der Waals surface area contributed by atoms with Crippen LogP contribution in [0.5, 0.6) is 0 Å². The second-order valence-corrected chi connectivity index (χ2v) is 17.4. The Hall–Kier alpha value is -3.78. The van der Waals surface area contributed by atoms with E-state index < -0.39 is 96.8 Å². The van der Waals surface area contributed by atoms with E-state index in [4.69, 9.17) is 28.4 Å². The van der Waals surface area contributed by atoms with Crippen LogP contribution in [0.1, 0.15) is 128 Å². The van der Waals surface area contributed by atoms with E-state index in [1.165, 1.54) is 0 Å². The fourth-order valence-electron chi connectivity index (χ4n) is 7.76. The Bertz CT molecular complexity index is 1680. The van der Waals surface area contributed by atoms with Crippen molar-refractivity contribution in [3.8, 4) is 0 Å². The third kappa shape index (κ3) is 15.7. The Kier molecular flexibility index (Phi) is 20.6. The number of nitrogens with one attached hydrogen (secondary N) is 2. The highest BCUT2D eigenvalue weighted by atomic mass is 16.8. The molecule has 7 N–H and O–H groups in total. The smallest absolute Gasteiger partial charge is 0.339 e. The predicted molar refractivity (Wildman–Crippen MR) is 230 cm³/mol. The summed E-state index contributed by atoms with van der Waals surface area (Å²) in [5.74, 6) is -2.93. The van der Waals surface area contributed by atoms with Crippen LogP contribution in [0, 0.1) is 0 Å². The second-order valence-electron chi connectivity index (χ2n) is 17.4. The first-order chi connectivity index (χ1) is 30.0. The van der Waals surface area contributed by atoms with Crippen molar-refractivity contribution < 1.29 is 73.1 Å². The molecule has 1 aliphatic carbocycles. The van der Waals surface area contributed by atoms with Crippen molar-refractivity contribution in [1.82, 2.24) is 10.6 Å². The number of aliphatic hydroxyl groups excluding tert-OH is 5. The molecule has 0 spiro atoms. The van der Waals surface area contributed by atoms with Gasteiger partial charge in [-0.2, -0.15) is 0 Å². The van der Waals surface area contributed by atoms with Gasteiger partial charge in [0.15, 0.2) is 12.1 Å². The zero-order chi connectivity index (χ0) is 46.2. The molecule has 3 aliphatic rings. The van der Waals surface area contributed by atoms with Gasteiger partial charge in [-0.15, -0.1) is 0 Å². The summed E-state index contributed by atoms with van der Waals surface area (Å²) in [6, 6.07) is 6.04. The van der Waals surface area contributed by atoms with E-state index in [9.17, 15) is 44.7 Å². The molecule has 2 fully saturated rings. The van der Waals surface area contributed by atoms with Crippen molar-refractivity contribution in [2.45, 2.75) is 178 Å². The number of aliphatic hydroxyl groups is 5. The summed E-state index contributed by atoms with van der Waals surface area (Å²) in [4.78, 5) is 52.6. The molecular weight excluding hydrogens is 821 g/mol. The number of carbonyl (C=O) groups is 4. The molecule has 1 aromatic carbocycles. The van der Waals surface area contributed by atoms with E-state index >= 15 is 0 Å². The van der Waals surface area contributed by atoms with E-state index in [2.05, 4.69) is 24.5 Å². The summed E-state index contributed by atoms with van der Waals surface area (Å²) in [5, 5.41) is 55.2. The molecule has 17 nitrogen and oxygen atoms in total. The van der Waals surface area contributed by atoms with E-state index in [0.29, 0.717) is 24.0 Å². The Morgan fingerprint density at radius 3 is 2.29 bits per heavy atom. The van der Waals surface area contributed by atoms with Crippen molar-refractivity contribution in [2.75, 3.05) is 26.4 Å². The van der Waals surface area contributed by atoms with Gasteiger partial charge in [-0.25, -0.2) is 4.79 Å². The summed E-state index contributed by atoms with van der Waals surface area (Å²) in [5.41, 5.74) is 0.344. The maximum Gasteiger partial charge on any atom is 0.339 e. The number of hydrogen-bond acceptors (Lipinski definition) is 15. The lowest BCUT2D eigenvalue weighted by Gasteiger charge is -2.39. The molecule has 0 saturated carbocycles. The van der Waals surface area contributed by atoms with E-state index in [1.54, 1.807) is 63.3 Å². The minimum Gasteiger partial charge on any atom is -0.460 e. The van der Waals surface area contributed by atoms with Crippen molar-refractivity contribution in [1.29, 1.82) is 0 Å². The predicted octanol–water partition coefficient (Wildman–Crippen LogP) is 3.12. The Labute approximate surface area is 370 Å². The molecule has 9 atom stereocenters. The average Bonchev–Trinajstić information content (AvgIpc) is 3.62. The molecule has 1 aromatic rings. The highest BCUT2D eigenvalue weighted by Gasteiger charge is 2.52. The Balaban J connectivity index is 1.45. The molecule has 2 amide bonds. The number of hydrogen-bond donors (Lipinski definition) is 7. The van der Waals surface area contributed by atoms with E-state index in [0.717, 1.165) is 38.5 Å². The van der Waals surface area contributed by atoms with E-state index in [1.807, 2.05) is 0 Å². The zero-order valence-electron chi connectivity index (χ0n) is 37.4. The number of fused-ring (bicyclic) bond motifs is 1. The highest BCUT2D eigenvalue weighted by molar-refractivity contribution is 5.95. The summed E-state index contributed by atoms with van der Waals surface area (Å²) in [7, 11) is 0. The van der Waals surface area contributed by atoms with Gasteiger partial charge in [0.1, 0.15) is 48.3 Å². The van der Waals surface area contributed by atoms with E-state index in [-0.39, 0.29) is 51.0 Å². The number of rotatable bonds is 24. The normalized spacial score (nSPS) is 26.1. The SMILES string of the molecule is CCCCCC1(CCCCC)O[C@@H]2[C@@H](C=C(C(=O)NCCC(=O)N[C@H](CO)CCC(=O)OC(C)(C)C)C[C@H]2OC(=O)c2ccccc2C=CCO[C@H]2O[C@H](CO)[C@H](O)[C@H](O)[C@H]2O)O1. The van der Waals surface area contributed by atoms with Crippen molar-refractivity contribution in [3.63, 3.8) is 0 Å². The molecule has 0 bridgehead atoms. The van der Waals surface area contributed by atoms with Gasteiger partial charge in [0.25, 0.3) is 0 Å². The van der Waals surface area contributed by atoms with Crippen LogP contribution in [0.15, 0.2) is 42.0 Å². The molecule has 4 rings (SSSR count). The van der Waals surface area contributed by atoms with Gasteiger partial charge in [0, 0.05) is 44.2 Å². The van der Waals surface area contributed by atoms with Gasteiger partial charge in [-0.05, 0) is 57.7 Å². The third-order valence-electron chi connectivity index (χ3n) is 11.1. The monoisotopic (exact) mass is 890 g/mol. The second kappa shape index (κ2) is 25.1. The molecule has 0 unspecified atom stereocenters. The quantitative estimate of drug-likeness (QED) is 0.0582. The minimum atomic E-state index is -1.59. The van der Waals surface area contributed by atoms with Crippen molar-refractivity contribution >= 4 is 29.8 Å². The molecule has 17 heteroatoms. The third-order valence-corrected chi connectivity index (χ3v) is 11.1. The van der Waals surface area contributed by atoms with Gasteiger partial charge in [0.2, 0.25) is 11.8 Å². The fourth-order valence-corrected chi connectivity index (χ4v) is 7.76. The van der Waals surface area contributed by atoms with Crippen LogP contribution < -0.4 is 10.6 Å². The molecule has 354 valence electrons. The van der Waals surface area contributed by atoms with Crippen LogP contribution in [0.3, 0.4) is 0 Å². The molecule has 2 saturated heterocycles. The number of benzene rings is 1. The number of ether oxygens (including phenoxy) is 6. The summed E-state index contributed by atoms with van der Waals surface area (Å²) >= 11 is 0. The van der Waals surface area contributed by atoms with Crippen LogP contribution >= 0.6 is 0 Å². The number of carbonyl (C=O) groups excluding carboxylic acids is 4. The van der Waals surface area contributed by atoms with Crippen LogP contribution in [-0.4, -0.2) is 142 Å². The summed E-state index contributed by atoms with van der Waals surface area (Å²) in [6.45, 7) is 8.37. The molecule has 2 heterocycles. The van der Waals surface area contributed by atoms with Crippen LogP contribution in [0.2, 0.25) is 0 Å². The van der Waals surface area contributed by atoms with Gasteiger partial charge in [-0.1, -0.05) is 69.9 Å². The molecular formula is C46H70N2O15. The zero-order valence-corrected chi connectivity index (χ0v) is 37.4. The van der Waals surface area contributed by atoms with Crippen molar-refractivity contribution in [3.05, 3.63) is 53.1 Å². The first-order valence-electron chi connectivity index (χ1n) is 22.4. The van der Waals surface area contributed by atoms with Gasteiger partial charge in [-0.3, -0.25) is 14.4 Å². The topological polar surface area (TPSA) is 249 Å².